The normalized spacial score (nSPS) is 11.1. The molecular weight excluding hydrogens is 433 g/mol. The van der Waals surface area contributed by atoms with Crippen LogP contribution < -0.4 is 11.1 Å². The molecule has 0 saturated carbocycles. The minimum Gasteiger partial charge on any atom is -0.493 e. The summed E-state index contributed by atoms with van der Waals surface area (Å²) in [5.74, 6) is -2.36. The number of hydrogen-bond donors (Lipinski definition) is 3. The Morgan fingerprint density at radius 3 is 2.57 bits per heavy atom. The molecule has 0 aliphatic carbocycles. The lowest BCUT2D eigenvalue weighted by atomic mass is 10.2. The lowest BCUT2D eigenvalue weighted by Crippen LogP contribution is -2.28. The predicted molar refractivity (Wildman–Crippen MR) is 111 cm³/mol. The van der Waals surface area contributed by atoms with Crippen LogP contribution in [0, 0.1) is 0 Å². The van der Waals surface area contributed by atoms with Gasteiger partial charge in [-0.3, -0.25) is 14.4 Å². The fourth-order valence-electron chi connectivity index (χ4n) is 2.75. The minimum atomic E-state index is -0.764. The number of nitrogens with one attached hydrogen (secondary N) is 1. The van der Waals surface area contributed by atoms with Gasteiger partial charge in [-0.25, -0.2) is 0 Å². The maximum absolute atomic E-state index is 12.1. The van der Waals surface area contributed by atoms with Gasteiger partial charge in [0.15, 0.2) is 5.69 Å². The molecule has 0 fully saturated rings. The summed E-state index contributed by atoms with van der Waals surface area (Å²) in [6, 6.07) is 11.1. The van der Waals surface area contributed by atoms with E-state index in [9.17, 15) is 19.5 Å². The fourth-order valence-corrected chi connectivity index (χ4v) is 3.25. The van der Waals surface area contributed by atoms with Gasteiger partial charge in [-0.05, 0) is 24.3 Å². The van der Waals surface area contributed by atoms with Crippen molar-refractivity contribution < 1.29 is 19.5 Å². The molecule has 0 spiro atoms. The van der Waals surface area contributed by atoms with Gasteiger partial charge in [0.25, 0.3) is 11.8 Å². The highest BCUT2D eigenvalue weighted by atomic mass is 35.5. The Bertz CT molecular complexity index is 1190. The van der Waals surface area contributed by atoms with Gasteiger partial charge >= 0.3 is 0 Å². The molecule has 0 aliphatic heterocycles. The zero-order valence-electron chi connectivity index (χ0n) is 15.3. The number of benzene rings is 2. The van der Waals surface area contributed by atoms with Gasteiger partial charge < -0.3 is 20.7 Å². The van der Waals surface area contributed by atoms with Crippen LogP contribution in [-0.2, 0) is 16.1 Å². The molecule has 0 saturated heterocycles. The molecule has 0 bridgehead atoms. The second-order valence-corrected chi connectivity index (χ2v) is 6.99. The van der Waals surface area contributed by atoms with Gasteiger partial charge in [0.1, 0.15) is 13.1 Å². The first-order valence-corrected chi connectivity index (χ1v) is 9.30. The van der Waals surface area contributed by atoms with Gasteiger partial charge in [-0.1, -0.05) is 41.4 Å². The van der Waals surface area contributed by atoms with E-state index < -0.39 is 24.3 Å². The van der Waals surface area contributed by atoms with Crippen molar-refractivity contribution in [2.45, 2.75) is 6.54 Å². The summed E-state index contributed by atoms with van der Waals surface area (Å²) in [5, 5.41) is 21.1. The highest BCUT2D eigenvalue weighted by Crippen LogP contribution is 2.38. The number of aromatic hydroxyl groups is 1. The van der Waals surface area contributed by atoms with Crippen molar-refractivity contribution >= 4 is 57.5 Å². The van der Waals surface area contributed by atoms with Crippen molar-refractivity contribution in [1.29, 1.82) is 0 Å². The standard InChI is InChI=1S/C19H15Cl2N5O4/c20-10-5-6-11(13(21)7-10)18(29)23-8-16(28)24-25-17-12-3-1-2-4-14(12)26(19(17)30)9-15(22)27/h1-7,30H,8-9H2,(H2,22,27)(H,23,29). The Balaban J connectivity index is 1.75. The third-order valence-electron chi connectivity index (χ3n) is 4.07. The van der Waals surface area contributed by atoms with E-state index in [1.165, 1.54) is 22.8 Å². The molecule has 0 atom stereocenters. The third kappa shape index (κ3) is 4.58. The molecule has 30 heavy (non-hydrogen) atoms. The number of azo groups is 1. The number of nitrogens with two attached hydrogens (primary N) is 1. The smallest absolute Gasteiger partial charge is 0.283 e. The molecule has 154 valence electrons. The summed E-state index contributed by atoms with van der Waals surface area (Å²) < 4.78 is 1.26. The van der Waals surface area contributed by atoms with Gasteiger partial charge in [0.2, 0.25) is 11.8 Å². The Labute approximate surface area is 180 Å². The van der Waals surface area contributed by atoms with Crippen LogP contribution in [0.1, 0.15) is 10.4 Å². The molecule has 2 aromatic carbocycles. The molecule has 11 heteroatoms. The van der Waals surface area contributed by atoms with Gasteiger partial charge in [0, 0.05) is 10.4 Å². The average Bonchev–Trinajstić information content (AvgIpc) is 2.95. The minimum absolute atomic E-state index is 0.00673. The number of rotatable bonds is 6. The molecule has 4 N–H and O–H groups in total. The summed E-state index contributed by atoms with van der Waals surface area (Å²) in [6.07, 6.45) is 0. The van der Waals surface area contributed by atoms with Crippen LogP contribution in [0.25, 0.3) is 10.9 Å². The number of hydrogen-bond acceptors (Lipinski definition) is 5. The molecule has 1 heterocycles. The quantitative estimate of drug-likeness (QED) is 0.499. The van der Waals surface area contributed by atoms with Crippen LogP contribution in [0.5, 0.6) is 5.88 Å². The van der Waals surface area contributed by atoms with Crippen molar-refractivity contribution in [3.8, 4) is 5.88 Å². The van der Waals surface area contributed by atoms with Crippen LogP contribution in [0.4, 0.5) is 5.69 Å². The predicted octanol–water partition coefficient (Wildman–Crippen LogP) is 3.18. The summed E-state index contributed by atoms with van der Waals surface area (Å²) in [5.41, 5.74) is 5.87. The largest absolute Gasteiger partial charge is 0.493 e. The Morgan fingerprint density at radius 2 is 1.87 bits per heavy atom. The van der Waals surface area contributed by atoms with Gasteiger partial charge in [-0.15, -0.1) is 10.2 Å². The summed E-state index contributed by atoms with van der Waals surface area (Å²) in [7, 11) is 0. The molecule has 0 radical (unpaired) electrons. The average molecular weight is 448 g/mol. The zero-order valence-corrected chi connectivity index (χ0v) is 16.8. The molecule has 3 rings (SSSR count). The van der Waals surface area contributed by atoms with Crippen LogP contribution in [0.15, 0.2) is 52.7 Å². The van der Waals surface area contributed by atoms with E-state index in [4.69, 9.17) is 28.9 Å². The number of para-hydroxylation sites is 1. The van der Waals surface area contributed by atoms with Crippen LogP contribution in [0.3, 0.4) is 0 Å². The first kappa shape index (κ1) is 21.3. The SMILES string of the molecule is NC(=O)Cn1c(O)c(N=NC(=O)CNC(=O)c2ccc(Cl)cc2Cl)c2ccccc21. The summed E-state index contributed by atoms with van der Waals surface area (Å²) in [6.45, 7) is -0.713. The van der Waals surface area contributed by atoms with Crippen molar-refractivity contribution in [3.05, 3.63) is 58.1 Å². The molecular formula is C19H15Cl2N5O4. The van der Waals surface area contributed by atoms with Crippen LogP contribution in [-0.4, -0.2) is 33.9 Å². The maximum Gasteiger partial charge on any atom is 0.283 e. The first-order chi connectivity index (χ1) is 14.3. The highest BCUT2D eigenvalue weighted by Gasteiger charge is 2.18. The van der Waals surface area contributed by atoms with Crippen LogP contribution in [0.2, 0.25) is 10.0 Å². The van der Waals surface area contributed by atoms with E-state index in [2.05, 4.69) is 15.5 Å². The summed E-state index contributed by atoms with van der Waals surface area (Å²) >= 11 is 11.7. The van der Waals surface area contributed by atoms with Crippen molar-refractivity contribution in [3.63, 3.8) is 0 Å². The molecule has 3 aromatic rings. The van der Waals surface area contributed by atoms with Crippen molar-refractivity contribution in [2.75, 3.05) is 6.54 Å². The van der Waals surface area contributed by atoms with Crippen molar-refractivity contribution in [2.24, 2.45) is 16.0 Å². The number of nitrogens with zero attached hydrogens (tertiary/aromatic N) is 3. The number of halogens is 2. The summed E-state index contributed by atoms with van der Waals surface area (Å²) in [4.78, 5) is 35.4. The van der Waals surface area contributed by atoms with E-state index in [1.807, 2.05) is 0 Å². The molecule has 1 aromatic heterocycles. The number of carbonyl (C=O) groups is 3. The highest BCUT2D eigenvalue weighted by molar-refractivity contribution is 6.36. The molecule has 9 nitrogen and oxygen atoms in total. The van der Waals surface area contributed by atoms with Gasteiger partial charge in [0.05, 0.1) is 16.1 Å². The van der Waals surface area contributed by atoms with E-state index in [1.54, 1.807) is 24.3 Å². The first-order valence-electron chi connectivity index (χ1n) is 8.54. The van der Waals surface area contributed by atoms with Crippen molar-refractivity contribution in [1.82, 2.24) is 9.88 Å². The van der Waals surface area contributed by atoms with E-state index in [-0.39, 0.29) is 28.7 Å². The number of primary amides is 1. The van der Waals surface area contributed by atoms with E-state index in [0.717, 1.165) is 0 Å². The maximum atomic E-state index is 12.1. The number of aromatic nitrogens is 1. The zero-order chi connectivity index (χ0) is 21.8. The lowest BCUT2D eigenvalue weighted by Gasteiger charge is -2.05. The number of fused-ring (bicyclic) bond motifs is 1. The molecule has 0 aliphatic rings. The number of carbonyl (C=O) groups excluding carboxylic acids is 3. The van der Waals surface area contributed by atoms with Crippen LogP contribution >= 0.6 is 23.2 Å². The van der Waals surface area contributed by atoms with E-state index >= 15 is 0 Å². The monoisotopic (exact) mass is 447 g/mol. The third-order valence-corrected chi connectivity index (χ3v) is 4.62. The fraction of sp³-hybridized carbons (Fsp3) is 0.105. The molecule has 0 unspecified atom stereocenters. The second kappa shape index (κ2) is 8.93. The number of amides is 3. The van der Waals surface area contributed by atoms with E-state index in [0.29, 0.717) is 15.9 Å². The van der Waals surface area contributed by atoms with Gasteiger partial charge in [-0.2, -0.15) is 0 Å². The molecule has 3 amide bonds. The second-order valence-electron chi connectivity index (χ2n) is 6.14. The lowest BCUT2D eigenvalue weighted by molar-refractivity contribution is -0.119. The Hall–Kier alpha value is -3.43. The Morgan fingerprint density at radius 1 is 1.13 bits per heavy atom. The topological polar surface area (TPSA) is 139 Å². The Kier molecular flexibility index (Phi) is 6.34.